The van der Waals surface area contributed by atoms with E-state index in [1.165, 1.54) is 5.69 Å². The number of hydrogen-bond donors (Lipinski definition) is 1. The van der Waals surface area contributed by atoms with Crippen molar-refractivity contribution in [1.29, 1.82) is 0 Å². The van der Waals surface area contributed by atoms with Gasteiger partial charge in [-0.15, -0.1) is 11.3 Å². The van der Waals surface area contributed by atoms with Crippen molar-refractivity contribution in [3.8, 4) is 0 Å². The first-order valence-corrected chi connectivity index (χ1v) is 5.08. The highest BCUT2D eigenvalue weighted by Gasteiger charge is 2.21. The predicted octanol–water partition coefficient (Wildman–Crippen LogP) is 0.547. The Morgan fingerprint density at radius 1 is 1.75 bits per heavy atom. The lowest BCUT2D eigenvalue weighted by Gasteiger charge is -2.35. The van der Waals surface area contributed by atoms with Crippen LogP contribution in [-0.4, -0.2) is 36.1 Å². The van der Waals surface area contributed by atoms with Gasteiger partial charge in [-0.2, -0.15) is 0 Å². The highest BCUT2D eigenvalue weighted by molar-refractivity contribution is 7.07. The van der Waals surface area contributed by atoms with Crippen LogP contribution in [0.5, 0.6) is 0 Å². The van der Waals surface area contributed by atoms with Crippen molar-refractivity contribution in [3.63, 3.8) is 0 Å². The first-order valence-electron chi connectivity index (χ1n) is 4.14. The van der Waals surface area contributed by atoms with Crippen molar-refractivity contribution >= 4 is 11.3 Å². The van der Waals surface area contributed by atoms with E-state index >= 15 is 0 Å². The second kappa shape index (κ2) is 3.51. The Morgan fingerprint density at radius 3 is 3.08 bits per heavy atom. The van der Waals surface area contributed by atoms with E-state index < -0.39 is 0 Å². The van der Waals surface area contributed by atoms with Gasteiger partial charge in [0.15, 0.2) is 0 Å². The Bertz CT molecular complexity index is 230. The summed E-state index contributed by atoms with van der Waals surface area (Å²) in [5.41, 5.74) is 3.08. The van der Waals surface area contributed by atoms with Crippen LogP contribution in [0.25, 0.3) is 0 Å². The van der Waals surface area contributed by atoms with Crippen LogP contribution in [0.3, 0.4) is 0 Å². The largest absolute Gasteiger partial charge is 0.314 e. The van der Waals surface area contributed by atoms with E-state index in [0.717, 1.165) is 19.6 Å². The molecule has 0 spiro atoms. The summed E-state index contributed by atoms with van der Waals surface area (Å²) in [5, 5.41) is 5.38. The zero-order chi connectivity index (χ0) is 8.39. The van der Waals surface area contributed by atoms with Crippen molar-refractivity contribution in [3.05, 3.63) is 16.6 Å². The van der Waals surface area contributed by atoms with E-state index in [-0.39, 0.29) is 0 Å². The number of thiazole rings is 1. The van der Waals surface area contributed by atoms with Gasteiger partial charge in [0.05, 0.1) is 11.2 Å². The molecule has 4 heteroatoms. The number of nitrogens with zero attached hydrogens (tertiary/aromatic N) is 2. The Kier molecular flexibility index (Phi) is 2.39. The number of rotatable bonds is 3. The molecular weight excluding hydrogens is 170 g/mol. The fourth-order valence-corrected chi connectivity index (χ4v) is 1.83. The molecule has 1 aliphatic heterocycles. The van der Waals surface area contributed by atoms with E-state index in [4.69, 9.17) is 0 Å². The smallest absolute Gasteiger partial charge is 0.0795 e. The molecule has 0 atom stereocenters. The second-order valence-electron chi connectivity index (χ2n) is 3.21. The van der Waals surface area contributed by atoms with Crippen LogP contribution >= 0.6 is 11.3 Å². The van der Waals surface area contributed by atoms with E-state index in [1.807, 2.05) is 5.51 Å². The molecule has 1 fully saturated rings. The number of hydrogen-bond acceptors (Lipinski definition) is 4. The second-order valence-corrected chi connectivity index (χ2v) is 3.93. The molecular formula is C8H13N3S. The Labute approximate surface area is 76.4 Å². The molecule has 0 aromatic carbocycles. The topological polar surface area (TPSA) is 28.2 Å². The molecule has 0 aliphatic carbocycles. The average Bonchev–Trinajstić information content (AvgIpc) is 2.34. The third-order valence-electron chi connectivity index (χ3n) is 2.28. The third kappa shape index (κ3) is 1.65. The van der Waals surface area contributed by atoms with Gasteiger partial charge >= 0.3 is 0 Å². The third-order valence-corrected chi connectivity index (χ3v) is 2.91. The zero-order valence-corrected chi connectivity index (χ0v) is 7.97. The van der Waals surface area contributed by atoms with Crippen molar-refractivity contribution < 1.29 is 0 Å². The summed E-state index contributed by atoms with van der Waals surface area (Å²) in [7, 11) is 2.16. The van der Waals surface area contributed by atoms with Gasteiger partial charge in [-0.25, -0.2) is 4.98 Å². The van der Waals surface area contributed by atoms with Gasteiger partial charge < -0.3 is 5.32 Å². The summed E-state index contributed by atoms with van der Waals surface area (Å²) in [6, 6.07) is 0.715. The minimum Gasteiger partial charge on any atom is -0.314 e. The SMILES string of the molecule is CN(Cc1cscn1)C1CNC1. The molecule has 1 saturated heterocycles. The lowest BCUT2D eigenvalue weighted by atomic mass is 10.1. The van der Waals surface area contributed by atoms with E-state index in [0.29, 0.717) is 6.04 Å². The average molecular weight is 183 g/mol. The maximum atomic E-state index is 4.25. The first kappa shape index (κ1) is 8.16. The maximum Gasteiger partial charge on any atom is 0.0795 e. The van der Waals surface area contributed by atoms with Crippen LogP contribution < -0.4 is 5.32 Å². The fraction of sp³-hybridized carbons (Fsp3) is 0.625. The monoisotopic (exact) mass is 183 g/mol. The van der Waals surface area contributed by atoms with Gasteiger partial charge in [0.2, 0.25) is 0 Å². The molecule has 0 unspecified atom stereocenters. The van der Waals surface area contributed by atoms with Gasteiger partial charge in [-0.1, -0.05) is 0 Å². The van der Waals surface area contributed by atoms with Crippen molar-refractivity contribution in [2.24, 2.45) is 0 Å². The van der Waals surface area contributed by atoms with Crippen LogP contribution in [0.1, 0.15) is 5.69 Å². The van der Waals surface area contributed by atoms with Crippen molar-refractivity contribution in [1.82, 2.24) is 15.2 Å². The molecule has 66 valence electrons. The summed E-state index contributed by atoms with van der Waals surface area (Å²) in [5.74, 6) is 0. The minimum absolute atomic E-state index is 0.715. The van der Waals surface area contributed by atoms with Crippen LogP contribution in [0.15, 0.2) is 10.9 Å². The molecule has 1 N–H and O–H groups in total. The van der Waals surface area contributed by atoms with Gasteiger partial charge in [0, 0.05) is 31.1 Å². The summed E-state index contributed by atoms with van der Waals surface area (Å²) in [6.07, 6.45) is 0. The molecule has 3 nitrogen and oxygen atoms in total. The number of likely N-dealkylation sites (N-methyl/N-ethyl adjacent to an activating group) is 1. The molecule has 12 heavy (non-hydrogen) atoms. The van der Waals surface area contributed by atoms with Gasteiger partial charge in [-0.3, -0.25) is 4.90 Å². The summed E-state index contributed by atoms with van der Waals surface area (Å²) in [4.78, 5) is 6.61. The standard InChI is InChI=1S/C8H13N3S/c1-11(8-2-9-3-8)4-7-5-12-6-10-7/h5-6,8-9H,2-4H2,1H3. The number of nitrogens with one attached hydrogen (secondary N) is 1. The summed E-state index contributed by atoms with van der Waals surface area (Å²) in [6.45, 7) is 3.23. The first-order chi connectivity index (χ1) is 5.86. The van der Waals surface area contributed by atoms with Crippen molar-refractivity contribution in [2.45, 2.75) is 12.6 Å². The lowest BCUT2D eigenvalue weighted by molar-refractivity contribution is 0.171. The van der Waals surface area contributed by atoms with Gasteiger partial charge in [0.25, 0.3) is 0 Å². The molecule has 2 rings (SSSR count). The van der Waals surface area contributed by atoms with E-state index in [9.17, 15) is 0 Å². The highest BCUT2D eigenvalue weighted by atomic mass is 32.1. The quantitative estimate of drug-likeness (QED) is 0.741. The molecule has 0 amide bonds. The molecule has 0 saturated carbocycles. The fourth-order valence-electron chi connectivity index (χ4n) is 1.29. The minimum atomic E-state index is 0.715. The number of aromatic nitrogens is 1. The highest BCUT2D eigenvalue weighted by Crippen LogP contribution is 2.08. The van der Waals surface area contributed by atoms with Crippen LogP contribution in [0.2, 0.25) is 0 Å². The predicted molar refractivity (Wildman–Crippen MR) is 50.2 cm³/mol. The Morgan fingerprint density at radius 2 is 2.58 bits per heavy atom. The van der Waals surface area contributed by atoms with E-state index in [2.05, 4.69) is 27.6 Å². The normalized spacial score (nSPS) is 18.2. The molecule has 2 heterocycles. The van der Waals surface area contributed by atoms with E-state index in [1.54, 1.807) is 11.3 Å². The van der Waals surface area contributed by atoms with Crippen LogP contribution in [0, 0.1) is 0 Å². The summed E-state index contributed by atoms with van der Waals surface area (Å²) < 4.78 is 0. The molecule has 0 radical (unpaired) electrons. The Hall–Kier alpha value is -0.450. The Balaban J connectivity index is 1.86. The molecule has 1 aromatic heterocycles. The van der Waals surface area contributed by atoms with Crippen LogP contribution in [-0.2, 0) is 6.54 Å². The molecule has 0 bridgehead atoms. The summed E-state index contributed by atoms with van der Waals surface area (Å²) >= 11 is 1.67. The van der Waals surface area contributed by atoms with Gasteiger partial charge in [-0.05, 0) is 7.05 Å². The maximum absolute atomic E-state index is 4.25. The lowest BCUT2D eigenvalue weighted by Crippen LogP contribution is -2.55. The molecule has 1 aliphatic rings. The molecule has 1 aromatic rings. The van der Waals surface area contributed by atoms with Crippen LogP contribution in [0.4, 0.5) is 0 Å². The van der Waals surface area contributed by atoms with Crippen molar-refractivity contribution in [2.75, 3.05) is 20.1 Å². The van der Waals surface area contributed by atoms with Gasteiger partial charge in [0.1, 0.15) is 0 Å². The zero-order valence-electron chi connectivity index (χ0n) is 7.16.